The van der Waals surface area contributed by atoms with Crippen LogP contribution in [0.1, 0.15) is 18.6 Å². The number of methoxy groups -OCH3 is 1. The SMILES string of the molecule is COC1C(O)[C@H](OC(C)c2ccccc2)O[C@@H]1COP(C)OC. The van der Waals surface area contributed by atoms with E-state index < -0.39 is 33.0 Å². The summed E-state index contributed by atoms with van der Waals surface area (Å²) in [5.41, 5.74) is 1.02. The van der Waals surface area contributed by atoms with Crippen LogP contribution in [0, 0.1) is 0 Å². The van der Waals surface area contributed by atoms with Gasteiger partial charge in [-0.05, 0) is 12.5 Å². The van der Waals surface area contributed by atoms with E-state index in [9.17, 15) is 5.11 Å². The van der Waals surface area contributed by atoms with Crippen molar-refractivity contribution in [3.8, 4) is 0 Å². The number of hydrogen-bond donors (Lipinski definition) is 1. The van der Waals surface area contributed by atoms with E-state index in [1.165, 1.54) is 0 Å². The number of rotatable bonds is 8. The molecule has 6 nitrogen and oxygen atoms in total. The van der Waals surface area contributed by atoms with E-state index in [1.54, 1.807) is 14.2 Å². The van der Waals surface area contributed by atoms with Crippen molar-refractivity contribution in [3.05, 3.63) is 35.9 Å². The van der Waals surface area contributed by atoms with E-state index >= 15 is 0 Å². The van der Waals surface area contributed by atoms with Crippen molar-refractivity contribution in [3.63, 3.8) is 0 Å². The summed E-state index contributed by atoms with van der Waals surface area (Å²) in [7, 11) is 2.18. The molecular weight excluding hydrogens is 319 g/mol. The molecule has 130 valence electrons. The van der Waals surface area contributed by atoms with Crippen LogP contribution in [0.15, 0.2) is 30.3 Å². The Morgan fingerprint density at radius 3 is 2.57 bits per heavy atom. The summed E-state index contributed by atoms with van der Waals surface area (Å²) in [6, 6.07) is 9.80. The molecule has 1 heterocycles. The van der Waals surface area contributed by atoms with Gasteiger partial charge in [0, 0.05) is 20.9 Å². The minimum atomic E-state index is -0.958. The zero-order valence-corrected chi connectivity index (χ0v) is 14.8. The standard InChI is InChI=1S/C16H25O6P/c1-11(12-8-6-5-7-9-12)21-16-14(17)15(18-2)13(22-16)10-20-23(4)19-3/h5-9,11,13-17H,10H2,1-4H3/t11?,13-,14?,15?,16-,23?/m1/s1. The van der Waals surface area contributed by atoms with Gasteiger partial charge < -0.3 is 28.4 Å². The van der Waals surface area contributed by atoms with Crippen LogP contribution in [0.4, 0.5) is 0 Å². The molecule has 0 radical (unpaired) electrons. The molecular formula is C16H25O6P. The predicted molar refractivity (Wildman–Crippen MR) is 87.2 cm³/mol. The number of aliphatic hydroxyl groups is 1. The zero-order valence-electron chi connectivity index (χ0n) is 13.9. The molecule has 2 rings (SSSR count). The minimum absolute atomic E-state index is 0.199. The van der Waals surface area contributed by atoms with Crippen LogP contribution < -0.4 is 0 Å². The van der Waals surface area contributed by atoms with Crippen LogP contribution in [0.5, 0.6) is 0 Å². The molecule has 1 saturated heterocycles. The highest BCUT2D eigenvalue weighted by atomic mass is 31.2. The normalized spacial score (nSPS) is 30.3. The van der Waals surface area contributed by atoms with Gasteiger partial charge in [-0.15, -0.1) is 0 Å². The van der Waals surface area contributed by atoms with Crippen molar-refractivity contribution < 1.29 is 28.4 Å². The van der Waals surface area contributed by atoms with E-state index in [1.807, 2.05) is 43.9 Å². The van der Waals surface area contributed by atoms with Crippen molar-refractivity contribution in [2.75, 3.05) is 27.5 Å². The van der Waals surface area contributed by atoms with Crippen molar-refractivity contribution in [2.24, 2.45) is 0 Å². The monoisotopic (exact) mass is 344 g/mol. The first-order valence-corrected chi connectivity index (χ1v) is 9.16. The van der Waals surface area contributed by atoms with Crippen molar-refractivity contribution >= 4 is 8.38 Å². The van der Waals surface area contributed by atoms with Gasteiger partial charge in [0.25, 0.3) is 0 Å². The number of aliphatic hydroxyl groups excluding tert-OH is 1. The maximum atomic E-state index is 10.4. The molecule has 1 aliphatic heterocycles. The van der Waals surface area contributed by atoms with E-state index in [-0.39, 0.29) is 12.7 Å². The maximum Gasteiger partial charge on any atom is 0.187 e. The smallest absolute Gasteiger partial charge is 0.187 e. The molecule has 0 spiro atoms. The molecule has 1 aliphatic rings. The highest BCUT2D eigenvalue weighted by molar-refractivity contribution is 7.46. The largest absolute Gasteiger partial charge is 0.385 e. The van der Waals surface area contributed by atoms with Crippen LogP contribution in [0.25, 0.3) is 0 Å². The number of hydrogen-bond acceptors (Lipinski definition) is 6. The van der Waals surface area contributed by atoms with Crippen molar-refractivity contribution in [1.82, 2.24) is 0 Å². The summed E-state index contributed by atoms with van der Waals surface area (Å²) >= 11 is 0. The first-order chi connectivity index (χ1) is 11.1. The van der Waals surface area contributed by atoms with Crippen molar-refractivity contribution in [1.29, 1.82) is 0 Å². The molecule has 0 aromatic heterocycles. The number of ether oxygens (including phenoxy) is 3. The molecule has 0 aliphatic carbocycles. The summed E-state index contributed by atoms with van der Waals surface area (Å²) < 4.78 is 27.7. The molecule has 4 unspecified atom stereocenters. The third kappa shape index (κ3) is 4.94. The highest BCUT2D eigenvalue weighted by Gasteiger charge is 2.45. The lowest BCUT2D eigenvalue weighted by Crippen LogP contribution is -2.36. The first-order valence-electron chi connectivity index (χ1n) is 7.54. The molecule has 1 aromatic rings. The van der Waals surface area contributed by atoms with Gasteiger partial charge >= 0.3 is 0 Å². The van der Waals surface area contributed by atoms with Crippen LogP contribution in [0.3, 0.4) is 0 Å². The van der Waals surface area contributed by atoms with Crippen LogP contribution in [-0.4, -0.2) is 57.2 Å². The Balaban J connectivity index is 1.94. The lowest BCUT2D eigenvalue weighted by atomic mass is 10.1. The average Bonchev–Trinajstić information content (AvgIpc) is 2.88. The fourth-order valence-corrected chi connectivity index (χ4v) is 2.94. The maximum absolute atomic E-state index is 10.4. The molecule has 6 atom stereocenters. The number of benzene rings is 1. The van der Waals surface area contributed by atoms with E-state index in [2.05, 4.69) is 0 Å². The summed E-state index contributed by atoms with van der Waals surface area (Å²) in [6.45, 7) is 4.06. The summed E-state index contributed by atoms with van der Waals surface area (Å²) in [4.78, 5) is 0. The predicted octanol–water partition coefficient (Wildman–Crippen LogP) is 2.47. The second-order valence-corrected chi connectivity index (χ2v) is 6.84. The van der Waals surface area contributed by atoms with Gasteiger partial charge in [0.1, 0.15) is 18.3 Å². The van der Waals surface area contributed by atoms with Gasteiger partial charge in [-0.2, -0.15) is 0 Å². The van der Waals surface area contributed by atoms with Gasteiger partial charge in [0.05, 0.1) is 12.7 Å². The molecule has 7 heteroatoms. The van der Waals surface area contributed by atoms with Crippen LogP contribution in [0.2, 0.25) is 0 Å². The summed E-state index contributed by atoms with van der Waals surface area (Å²) in [6.07, 6.45) is -2.72. The molecule has 23 heavy (non-hydrogen) atoms. The highest BCUT2D eigenvalue weighted by Crippen LogP contribution is 2.35. The van der Waals surface area contributed by atoms with E-state index in [4.69, 9.17) is 23.3 Å². The quantitative estimate of drug-likeness (QED) is 0.731. The second-order valence-electron chi connectivity index (χ2n) is 5.34. The summed E-state index contributed by atoms with van der Waals surface area (Å²) in [5.74, 6) is 0. The lowest BCUT2D eigenvalue weighted by molar-refractivity contribution is -0.191. The summed E-state index contributed by atoms with van der Waals surface area (Å²) in [5, 5.41) is 10.4. The van der Waals surface area contributed by atoms with Crippen LogP contribution in [-0.2, 0) is 23.3 Å². The second kappa shape index (κ2) is 9.04. The fourth-order valence-electron chi connectivity index (χ4n) is 2.48. The third-order valence-corrected chi connectivity index (χ3v) is 4.87. The molecule has 0 amide bonds. The van der Waals surface area contributed by atoms with Gasteiger partial charge in [0.15, 0.2) is 14.7 Å². The van der Waals surface area contributed by atoms with Gasteiger partial charge in [-0.3, -0.25) is 0 Å². The molecule has 0 bridgehead atoms. The first kappa shape index (κ1) is 18.7. The Labute approximate surface area is 138 Å². The zero-order chi connectivity index (χ0) is 16.8. The topological polar surface area (TPSA) is 66.4 Å². The molecule has 1 aromatic carbocycles. The van der Waals surface area contributed by atoms with Crippen molar-refractivity contribution in [2.45, 2.75) is 37.6 Å². The van der Waals surface area contributed by atoms with E-state index in [0.717, 1.165) is 5.56 Å². The Kier molecular flexibility index (Phi) is 7.37. The van der Waals surface area contributed by atoms with Crippen LogP contribution >= 0.6 is 8.38 Å². The van der Waals surface area contributed by atoms with Gasteiger partial charge in [0.2, 0.25) is 0 Å². The van der Waals surface area contributed by atoms with E-state index in [0.29, 0.717) is 0 Å². The molecule has 0 saturated carbocycles. The molecule has 1 fully saturated rings. The van der Waals surface area contributed by atoms with Gasteiger partial charge in [-0.1, -0.05) is 30.3 Å². The Hall–Kier alpha value is -0.590. The fraction of sp³-hybridized carbons (Fsp3) is 0.625. The minimum Gasteiger partial charge on any atom is -0.385 e. The van der Waals surface area contributed by atoms with Gasteiger partial charge in [-0.25, -0.2) is 0 Å². The Bertz CT molecular complexity index is 459. The molecule has 1 N–H and O–H groups in total. The lowest BCUT2D eigenvalue weighted by Gasteiger charge is -2.21. The third-order valence-electron chi connectivity index (χ3n) is 3.85. The Morgan fingerprint density at radius 2 is 1.96 bits per heavy atom. The Morgan fingerprint density at radius 1 is 1.26 bits per heavy atom. The average molecular weight is 344 g/mol.